The van der Waals surface area contributed by atoms with E-state index in [4.69, 9.17) is 14.0 Å². The number of hydrogen-bond acceptors (Lipinski definition) is 7. The van der Waals surface area contributed by atoms with Crippen molar-refractivity contribution in [3.8, 4) is 22.9 Å². The summed E-state index contributed by atoms with van der Waals surface area (Å²) in [4.78, 5) is 23.0. The van der Waals surface area contributed by atoms with Gasteiger partial charge in [-0.15, -0.1) is 0 Å². The van der Waals surface area contributed by atoms with Crippen LogP contribution in [0.5, 0.6) is 11.5 Å². The summed E-state index contributed by atoms with van der Waals surface area (Å²) in [7, 11) is 0. The van der Waals surface area contributed by atoms with Gasteiger partial charge in [-0.25, -0.2) is 0 Å². The zero-order valence-electron chi connectivity index (χ0n) is 17.8. The fraction of sp³-hybridized carbons (Fsp3) is 0.391. The lowest BCUT2D eigenvalue weighted by atomic mass is 10.1. The van der Waals surface area contributed by atoms with E-state index in [9.17, 15) is 4.79 Å². The number of pyridine rings is 1. The van der Waals surface area contributed by atoms with Crippen LogP contribution < -0.4 is 9.47 Å². The quantitative estimate of drug-likeness (QED) is 0.521. The highest BCUT2D eigenvalue weighted by Gasteiger charge is 2.34. The van der Waals surface area contributed by atoms with Crippen LogP contribution in [0.2, 0.25) is 0 Å². The van der Waals surface area contributed by atoms with Crippen LogP contribution in [-0.4, -0.2) is 52.2 Å². The third kappa shape index (κ3) is 4.84. The molecule has 3 aromatic rings. The van der Waals surface area contributed by atoms with E-state index in [0.717, 1.165) is 29.0 Å². The van der Waals surface area contributed by atoms with Crippen molar-refractivity contribution in [2.45, 2.75) is 32.6 Å². The van der Waals surface area contributed by atoms with Crippen molar-refractivity contribution < 1.29 is 18.8 Å². The minimum atomic E-state index is -0.0928. The molecule has 3 heterocycles. The van der Waals surface area contributed by atoms with Crippen LogP contribution in [0, 0.1) is 0 Å². The molecule has 1 unspecified atom stereocenters. The van der Waals surface area contributed by atoms with Crippen LogP contribution in [0.4, 0.5) is 0 Å². The first-order chi connectivity index (χ1) is 15.2. The van der Waals surface area contributed by atoms with E-state index in [1.165, 1.54) is 0 Å². The number of amides is 1. The van der Waals surface area contributed by atoms with Crippen molar-refractivity contribution in [1.82, 2.24) is 20.0 Å². The van der Waals surface area contributed by atoms with Crippen LogP contribution in [0.3, 0.4) is 0 Å². The van der Waals surface area contributed by atoms with Crippen LogP contribution >= 0.6 is 0 Å². The fourth-order valence-electron chi connectivity index (χ4n) is 3.68. The highest BCUT2D eigenvalue weighted by Crippen LogP contribution is 2.31. The number of hydrogen-bond donors (Lipinski definition) is 0. The van der Waals surface area contributed by atoms with Crippen molar-refractivity contribution in [3.05, 3.63) is 54.2 Å². The summed E-state index contributed by atoms with van der Waals surface area (Å²) in [6.07, 6.45) is 4.49. The predicted octanol–water partition coefficient (Wildman–Crippen LogP) is 3.49. The maximum Gasteiger partial charge on any atom is 0.232 e. The average Bonchev–Trinajstić information content (AvgIpc) is 3.42. The summed E-state index contributed by atoms with van der Waals surface area (Å²) in [6, 6.07) is 9.64. The van der Waals surface area contributed by atoms with E-state index >= 15 is 0 Å². The molecule has 8 heteroatoms. The van der Waals surface area contributed by atoms with E-state index in [2.05, 4.69) is 15.1 Å². The van der Waals surface area contributed by atoms with Gasteiger partial charge in [-0.3, -0.25) is 9.78 Å². The minimum Gasteiger partial charge on any atom is -0.490 e. The van der Waals surface area contributed by atoms with Crippen LogP contribution in [0.15, 0.2) is 47.2 Å². The number of carbonyl (C=O) groups excluding carboxylic acids is 1. The molecule has 1 aromatic carbocycles. The summed E-state index contributed by atoms with van der Waals surface area (Å²) >= 11 is 0. The van der Waals surface area contributed by atoms with E-state index in [0.29, 0.717) is 44.4 Å². The Balaban J connectivity index is 1.38. The summed E-state index contributed by atoms with van der Waals surface area (Å²) in [5, 5.41) is 4.04. The van der Waals surface area contributed by atoms with Crippen LogP contribution in [0.25, 0.3) is 11.4 Å². The van der Waals surface area contributed by atoms with Crippen LogP contribution in [0.1, 0.15) is 37.6 Å². The van der Waals surface area contributed by atoms with Gasteiger partial charge in [-0.05, 0) is 50.1 Å². The lowest BCUT2D eigenvalue weighted by Crippen LogP contribution is -2.27. The van der Waals surface area contributed by atoms with E-state index in [1.807, 2.05) is 49.1 Å². The Labute approximate surface area is 181 Å². The SMILES string of the molecule is CCOc1ccc(CCN2CC(c3nc(-c4cccnc4)no3)CC2=O)cc1OCC. The molecule has 0 radical (unpaired) electrons. The first-order valence-corrected chi connectivity index (χ1v) is 10.6. The Hall–Kier alpha value is -3.42. The molecule has 1 amide bonds. The largest absolute Gasteiger partial charge is 0.490 e. The van der Waals surface area contributed by atoms with Crippen molar-refractivity contribution >= 4 is 5.91 Å². The van der Waals surface area contributed by atoms with Crippen molar-refractivity contribution in [2.24, 2.45) is 0 Å². The molecule has 4 rings (SSSR count). The smallest absolute Gasteiger partial charge is 0.232 e. The highest BCUT2D eigenvalue weighted by atomic mass is 16.5. The number of rotatable bonds is 9. The molecule has 0 spiro atoms. The molecular formula is C23H26N4O4. The zero-order valence-corrected chi connectivity index (χ0v) is 17.8. The number of nitrogens with zero attached hydrogens (tertiary/aromatic N) is 4. The topological polar surface area (TPSA) is 90.6 Å². The van der Waals surface area contributed by atoms with Gasteiger partial charge in [0, 0.05) is 37.5 Å². The van der Waals surface area contributed by atoms with E-state index < -0.39 is 0 Å². The van der Waals surface area contributed by atoms with Gasteiger partial charge in [0.25, 0.3) is 0 Å². The molecule has 0 aliphatic carbocycles. The molecule has 1 atom stereocenters. The number of likely N-dealkylation sites (tertiary alicyclic amines) is 1. The lowest BCUT2D eigenvalue weighted by Gasteiger charge is -2.17. The molecule has 8 nitrogen and oxygen atoms in total. The van der Waals surface area contributed by atoms with Crippen molar-refractivity contribution in [2.75, 3.05) is 26.3 Å². The molecule has 0 N–H and O–H groups in total. The van der Waals surface area contributed by atoms with E-state index in [-0.39, 0.29) is 11.8 Å². The average molecular weight is 422 g/mol. The maximum absolute atomic E-state index is 12.5. The van der Waals surface area contributed by atoms with Gasteiger partial charge in [0.1, 0.15) is 0 Å². The molecule has 1 aliphatic heterocycles. The summed E-state index contributed by atoms with van der Waals surface area (Å²) in [6.45, 7) is 6.24. The second kappa shape index (κ2) is 9.59. The molecule has 1 aliphatic rings. The summed E-state index contributed by atoms with van der Waals surface area (Å²) < 4.78 is 16.8. The Morgan fingerprint density at radius 1 is 1.16 bits per heavy atom. The lowest BCUT2D eigenvalue weighted by molar-refractivity contribution is -0.127. The molecule has 162 valence electrons. The Morgan fingerprint density at radius 2 is 2.00 bits per heavy atom. The summed E-state index contributed by atoms with van der Waals surface area (Å²) in [5.41, 5.74) is 1.89. The fourth-order valence-corrected chi connectivity index (χ4v) is 3.68. The second-order valence-corrected chi connectivity index (χ2v) is 7.34. The molecule has 0 bridgehead atoms. The maximum atomic E-state index is 12.5. The van der Waals surface area contributed by atoms with Gasteiger partial charge < -0.3 is 18.9 Å². The first kappa shape index (κ1) is 20.8. The van der Waals surface area contributed by atoms with Gasteiger partial charge in [0.05, 0.1) is 19.1 Å². The molecule has 1 fully saturated rings. The minimum absolute atomic E-state index is 0.0928. The Kier molecular flexibility index (Phi) is 6.45. The zero-order chi connectivity index (χ0) is 21.6. The molecule has 1 saturated heterocycles. The monoisotopic (exact) mass is 422 g/mol. The van der Waals surface area contributed by atoms with Gasteiger partial charge in [0.15, 0.2) is 11.5 Å². The first-order valence-electron chi connectivity index (χ1n) is 10.6. The van der Waals surface area contributed by atoms with Crippen LogP contribution in [-0.2, 0) is 11.2 Å². The summed E-state index contributed by atoms with van der Waals surface area (Å²) in [5.74, 6) is 2.47. The number of carbonyl (C=O) groups is 1. The number of benzene rings is 1. The molecular weight excluding hydrogens is 396 g/mol. The third-order valence-corrected chi connectivity index (χ3v) is 5.20. The van der Waals surface area contributed by atoms with Gasteiger partial charge in [-0.1, -0.05) is 11.2 Å². The number of aromatic nitrogens is 3. The second-order valence-electron chi connectivity index (χ2n) is 7.34. The van der Waals surface area contributed by atoms with Gasteiger partial charge in [-0.2, -0.15) is 4.98 Å². The molecule has 0 saturated carbocycles. The molecule has 2 aromatic heterocycles. The van der Waals surface area contributed by atoms with Gasteiger partial charge in [0.2, 0.25) is 17.6 Å². The van der Waals surface area contributed by atoms with Gasteiger partial charge >= 0.3 is 0 Å². The molecule has 31 heavy (non-hydrogen) atoms. The Bertz CT molecular complexity index is 1020. The highest BCUT2D eigenvalue weighted by molar-refractivity contribution is 5.79. The third-order valence-electron chi connectivity index (χ3n) is 5.20. The predicted molar refractivity (Wildman–Crippen MR) is 114 cm³/mol. The standard InChI is InChI=1S/C23H26N4O4/c1-3-29-19-8-7-16(12-20(19)30-4-2)9-11-27-15-18(13-21(27)28)23-25-22(26-31-23)17-6-5-10-24-14-17/h5-8,10,12,14,18H,3-4,9,11,13,15H2,1-2H3. The normalized spacial score (nSPS) is 16.0. The van der Waals surface area contributed by atoms with Crippen molar-refractivity contribution in [1.29, 1.82) is 0 Å². The van der Waals surface area contributed by atoms with Crippen molar-refractivity contribution in [3.63, 3.8) is 0 Å². The van der Waals surface area contributed by atoms with E-state index in [1.54, 1.807) is 12.4 Å². The number of ether oxygens (including phenoxy) is 2. The Morgan fingerprint density at radius 3 is 2.77 bits per heavy atom.